The van der Waals surface area contributed by atoms with Gasteiger partial charge in [-0.1, -0.05) is 18.2 Å². The third kappa shape index (κ3) is 2.77. The van der Waals surface area contributed by atoms with Crippen molar-refractivity contribution in [1.29, 1.82) is 0 Å². The van der Waals surface area contributed by atoms with Gasteiger partial charge in [0.1, 0.15) is 17.4 Å². The largest absolute Gasteiger partial charge is 0.340 e. The topological polar surface area (TPSA) is 72.2 Å². The van der Waals surface area contributed by atoms with Gasteiger partial charge in [-0.15, -0.1) is 0 Å². The van der Waals surface area contributed by atoms with Crippen LogP contribution in [0.4, 0.5) is 5.69 Å². The van der Waals surface area contributed by atoms with Crippen molar-refractivity contribution < 1.29 is 9.59 Å². The lowest BCUT2D eigenvalue weighted by Gasteiger charge is -2.17. The highest BCUT2D eigenvalue weighted by atomic mass is 16.2. The fourth-order valence-electron chi connectivity index (χ4n) is 3.29. The lowest BCUT2D eigenvalue weighted by molar-refractivity contribution is -0.118. The monoisotopic (exact) mass is 349 g/mol. The number of hydrogen-bond donors (Lipinski definition) is 1. The van der Waals surface area contributed by atoms with Gasteiger partial charge < -0.3 is 14.8 Å². The molecule has 132 valence electrons. The summed E-state index contributed by atoms with van der Waals surface area (Å²) in [5.41, 5.74) is 1.29. The minimum absolute atomic E-state index is 0.0871. The summed E-state index contributed by atoms with van der Waals surface area (Å²) < 4.78 is 3.47. The van der Waals surface area contributed by atoms with E-state index < -0.39 is 6.04 Å². The number of benzene rings is 1. The number of hydrogen-bond acceptors (Lipinski definition) is 3. The molecule has 1 atom stereocenters. The van der Waals surface area contributed by atoms with Crippen molar-refractivity contribution in [3.05, 3.63) is 66.6 Å². The summed E-state index contributed by atoms with van der Waals surface area (Å²) in [6.45, 7) is 0.589. The molecule has 26 heavy (non-hydrogen) atoms. The molecular formula is C19H19N5O2. The van der Waals surface area contributed by atoms with Gasteiger partial charge in [0.2, 0.25) is 5.91 Å². The molecule has 0 radical (unpaired) electrons. The normalized spacial score (nSPS) is 16.9. The predicted molar refractivity (Wildman–Crippen MR) is 97.2 cm³/mol. The molecule has 1 aliphatic rings. The first-order chi connectivity index (χ1) is 12.6. The number of rotatable bonds is 4. The van der Waals surface area contributed by atoms with Crippen LogP contribution >= 0.6 is 0 Å². The van der Waals surface area contributed by atoms with Crippen LogP contribution in [0.1, 0.15) is 16.8 Å². The average molecular weight is 349 g/mol. The number of nitrogens with zero attached hydrogens (tertiary/aromatic N) is 4. The van der Waals surface area contributed by atoms with Crippen molar-refractivity contribution in [2.45, 2.75) is 12.5 Å². The predicted octanol–water partition coefficient (Wildman–Crippen LogP) is 1.75. The van der Waals surface area contributed by atoms with E-state index in [2.05, 4.69) is 10.4 Å². The summed E-state index contributed by atoms with van der Waals surface area (Å²) >= 11 is 0. The number of aryl methyl sites for hydroxylation is 1. The quantitative estimate of drug-likeness (QED) is 0.780. The Hall–Kier alpha value is -3.35. The standard InChI is InChI=1S/C19H19N5O2/c1-22-18(23-10-5-6-11-23)15(13-20-22)17(25)21-16-9-12-24(19(16)26)14-7-3-2-4-8-14/h2-8,10-11,13,16H,9,12H2,1H3,(H,21,25)/t16-/m0/s1. The maximum Gasteiger partial charge on any atom is 0.257 e. The molecule has 1 saturated heterocycles. The zero-order valence-corrected chi connectivity index (χ0v) is 14.4. The van der Waals surface area contributed by atoms with Crippen LogP contribution in [0.15, 0.2) is 61.1 Å². The molecule has 2 aromatic heterocycles. The number of anilines is 1. The zero-order chi connectivity index (χ0) is 18.1. The van der Waals surface area contributed by atoms with Gasteiger partial charge >= 0.3 is 0 Å². The molecule has 1 fully saturated rings. The number of amides is 2. The van der Waals surface area contributed by atoms with E-state index in [9.17, 15) is 9.59 Å². The highest BCUT2D eigenvalue weighted by Crippen LogP contribution is 2.22. The Kier molecular flexibility index (Phi) is 4.04. The number of carbonyl (C=O) groups excluding carboxylic acids is 2. The van der Waals surface area contributed by atoms with Crippen molar-refractivity contribution in [1.82, 2.24) is 19.7 Å². The molecule has 3 heterocycles. The lowest BCUT2D eigenvalue weighted by Crippen LogP contribution is -2.41. The smallest absolute Gasteiger partial charge is 0.257 e. The second kappa shape index (κ2) is 6.51. The SMILES string of the molecule is Cn1ncc(C(=O)N[C@H]2CCN(c3ccccc3)C2=O)c1-n1cccc1. The molecule has 1 aromatic carbocycles. The molecule has 3 aromatic rings. The summed E-state index contributed by atoms with van der Waals surface area (Å²) in [6, 6.07) is 12.7. The van der Waals surface area contributed by atoms with E-state index in [4.69, 9.17) is 0 Å². The molecule has 4 rings (SSSR count). The Morgan fingerprint density at radius 3 is 2.62 bits per heavy atom. The second-order valence-electron chi connectivity index (χ2n) is 6.24. The molecule has 0 bridgehead atoms. The number of para-hydroxylation sites is 1. The third-order valence-corrected chi connectivity index (χ3v) is 4.58. The van der Waals surface area contributed by atoms with Crippen LogP contribution < -0.4 is 10.2 Å². The Balaban J connectivity index is 1.52. The van der Waals surface area contributed by atoms with Crippen LogP contribution in [0.3, 0.4) is 0 Å². The highest BCUT2D eigenvalue weighted by Gasteiger charge is 2.34. The zero-order valence-electron chi connectivity index (χ0n) is 14.4. The average Bonchev–Trinajstić information content (AvgIpc) is 3.37. The maximum atomic E-state index is 12.8. The molecule has 7 heteroatoms. The van der Waals surface area contributed by atoms with Gasteiger partial charge in [-0.3, -0.25) is 14.3 Å². The van der Waals surface area contributed by atoms with Crippen LogP contribution in [0, 0.1) is 0 Å². The molecule has 2 amide bonds. The van der Waals surface area contributed by atoms with Gasteiger partial charge in [-0.05, 0) is 30.7 Å². The molecule has 0 unspecified atom stereocenters. The van der Waals surface area contributed by atoms with Crippen molar-refractivity contribution in [2.24, 2.45) is 7.05 Å². The van der Waals surface area contributed by atoms with E-state index in [1.54, 1.807) is 16.6 Å². The van der Waals surface area contributed by atoms with Crippen molar-refractivity contribution >= 4 is 17.5 Å². The summed E-state index contributed by atoms with van der Waals surface area (Å²) in [7, 11) is 1.78. The van der Waals surface area contributed by atoms with Gasteiger partial charge in [0, 0.05) is 31.7 Å². The Labute approximate surface area is 150 Å². The van der Waals surface area contributed by atoms with Crippen molar-refractivity contribution in [3.63, 3.8) is 0 Å². The van der Waals surface area contributed by atoms with E-state index in [1.165, 1.54) is 6.20 Å². The van der Waals surface area contributed by atoms with Crippen LogP contribution in [0.25, 0.3) is 5.82 Å². The highest BCUT2D eigenvalue weighted by molar-refractivity contribution is 6.04. The van der Waals surface area contributed by atoms with Crippen LogP contribution in [-0.4, -0.2) is 38.7 Å². The Morgan fingerprint density at radius 2 is 1.88 bits per heavy atom. The van der Waals surface area contributed by atoms with Crippen molar-refractivity contribution in [2.75, 3.05) is 11.4 Å². The summed E-state index contributed by atoms with van der Waals surface area (Å²) in [6.07, 6.45) is 5.81. The molecular weight excluding hydrogens is 330 g/mol. The molecule has 1 aliphatic heterocycles. The van der Waals surface area contributed by atoms with Crippen molar-refractivity contribution in [3.8, 4) is 5.82 Å². The van der Waals surface area contributed by atoms with Crippen LogP contribution in [0.2, 0.25) is 0 Å². The van der Waals surface area contributed by atoms with E-state index in [0.29, 0.717) is 24.3 Å². The molecule has 7 nitrogen and oxygen atoms in total. The first-order valence-corrected chi connectivity index (χ1v) is 8.48. The van der Waals surface area contributed by atoms with Gasteiger partial charge in [0.05, 0.1) is 6.20 Å². The van der Waals surface area contributed by atoms with Gasteiger partial charge in [0.15, 0.2) is 0 Å². The molecule has 1 N–H and O–H groups in total. The first-order valence-electron chi connectivity index (χ1n) is 8.48. The van der Waals surface area contributed by atoms with Gasteiger partial charge in [-0.25, -0.2) is 0 Å². The van der Waals surface area contributed by atoms with E-state index in [1.807, 2.05) is 59.4 Å². The maximum absolute atomic E-state index is 12.8. The summed E-state index contributed by atoms with van der Waals surface area (Å²) in [4.78, 5) is 27.2. The number of aromatic nitrogens is 3. The summed E-state index contributed by atoms with van der Waals surface area (Å²) in [5.74, 6) is 0.281. The molecule has 0 aliphatic carbocycles. The van der Waals surface area contributed by atoms with E-state index >= 15 is 0 Å². The number of nitrogens with one attached hydrogen (secondary N) is 1. The second-order valence-corrected chi connectivity index (χ2v) is 6.24. The molecule has 0 saturated carbocycles. The fourth-order valence-corrected chi connectivity index (χ4v) is 3.29. The minimum atomic E-state index is -0.527. The lowest BCUT2D eigenvalue weighted by atomic mass is 10.2. The number of carbonyl (C=O) groups is 2. The Bertz CT molecular complexity index is 930. The van der Waals surface area contributed by atoms with Crippen LogP contribution in [0.5, 0.6) is 0 Å². The van der Waals surface area contributed by atoms with E-state index in [0.717, 1.165) is 5.69 Å². The minimum Gasteiger partial charge on any atom is -0.340 e. The Morgan fingerprint density at radius 1 is 1.15 bits per heavy atom. The molecule has 0 spiro atoms. The fraction of sp³-hybridized carbons (Fsp3) is 0.211. The van der Waals surface area contributed by atoms with Gasteiger partial charge in [0.25, 0.3) is 5.91 Å². The first kappa shape index (κ1) is 16.1. The summed E-state index contributed by atoms with van der Waals surface area (Å²) in [5, 5.41) is 7.05. The van der Waals surface area contributed by atoms with E-state index in [-0.39, 0.29) is 11.8 Å². The van der Waals surface area contributed by atoms with Crippen LogP contribution in [-0.2, 0) is 11.8 Å². The third-order valence-electron chi connectivity index (χ3n) is 4.58. The van der Waals surface area contributed by atoms with Gasteiger partial charge in [-0.2, -0.15) is 5.10 Å².